The lowest BCUT2D eigenvalue weighted by Gasteiger charge is -2.13. The average molecular weight is 361 g/mol. The Morgan fingerprint density at radius 2 is 1.82 bits per heavy atom. The molecule has 0 fully saturated rings. The number of nitrogens with zero attached hydrogens (tertiary/aromatic N) is 1. The summed E-state index contributed by atoms with van der Waals surface area (Å²) in [6.07, 6.45) is 1.38. The highest BCUT2D eigenvalue weighted by Crippen LogP contribution is 2.22. The molecule has 22 heavy (non-hydrogen) atoms. The van der Waals surface area contributed by atoms with Crippen molar-refractivity contribution in [2.24, 2.45) is 5.73 Å². The van der Waals surface area contributed by atoms with Crippen LogP contribution in [0.15, 0.2) is 57.9 Å². The number of carbonyl (C=O) groups excluding carboxylic acids is 1. The van der Waals surface area contributed by atoms with Gasteiger partial charge in [0.1, 0.15) is 11.4 Å². The number of benzene rings is 2. The van der Waals surface area contributed by atoms with Crippen LogP contribution in [0.5, 0.6) is 0 Å². The molecule has 0 aliphatic heterocycles. The Bertz CT molecular complexity index is 949. The van der Waals surface area contributed by atoms with Crippen molar-refractivity contribution >= 4 is 32.7 Å². The lowest BCUT2D eigenvalue weighted by atomic mass is 10.1. The van der Waals surface area contributed by atoms with E-state index in [1.807, 2.05) is 0 Å². The van der Waals surface area contributed by atoms with Gasteiger partial charge in [0.2, 0.25) is 5.43 Å². The van der Waals surface area contributed by atoms with Crippen molar-refractivity contribution in [3.63, 3.8) is 0 Å². The summed E-state index contributed by atoms with van der Waals surface area (Å²) in [6.45, 7) is 0. The van der Waals surface area contributed by atoms with Gasteiger partial charge < -0.3 is 10.3 Å². The zero-order valence-electron chi connectivity index (χ0n) is 11.2. The summed E-state index contributed by atoms with van der Waals surface area (Å²) in [7, 11) is 0. The van der Waals surface area contributed by atoms with E-state index in [0.717, 1.165) is 4.47 Å². The molecule has 3 aromatic rings. The summed E-state index contributed by atoms with van der Waals surface area (Å²) in [5, 5.41) is 0.365. The largest absolute Gasteiger partial charge is 0.365 e. The van der Waals surface area contributed by atoms with E-state index in [0.29, 0.717) is 16.6 Å². The van der Waals surface area contributed by atoms with Crippen molar-refractivity contribution in [3.05, 3.63) is 74.7 Å². The number of nitrogens with two attached hydrogens (primary N) is 1. The van der Waals surface area contributed by atoms with Gasteiger partial charge in [0, 0.05) is 21.7 Å². The van der Waals surface area contributed by atoms with E-state index in [1.54, 1.807) is 34.9 Å². The van der Waals surface area contributed by atoms with Crippen molar-refractivity contribution in [2.45, 2.75) is 0 Å². The lowest BCUT2D eigenvalue weighted by molar-refractivity contribution is 0.0999. The smallest absolute Gasteiger partial charge is 0.254 e. The van der Waals surface area contributed by atoms with E-state index in [-0.39, 0.29) is 11.4 Å². The van der Waals surface area contributed by atoms with E-state index in [1.165, 1.54) is 18.3 Å². The number of hydrogen-bond acceptors (Lipinski definition) is 2. The molecule has 3 rings (SSSR count). The molecule has 0 bridgehead atoms. The molecular formula is C16H10BrFN2O2. The Labute approximate surface area is 133 Å². The fourth-order valence-corrected chi connectivity index (χ4v) is 2.64. The molecule has 4 nitrogen and oxygen atoms in total. The third-order valence-corrected chi connectivity index (χ3v) is 3.83. The van der Waals surface area contributed by atoms with Gasteiger partial charge in [-0.2, -0.15) is 0 Å². The number of aromatic nitrogens is 1. The van der Waals surface area contributed by atoms with Gasteiger partial charge in [-0.25, -0.2) is 4.39 Å². The molecule has 0 atom stereocenters. The molecule has 0 radical (unpaired) electrons. The highest BCUT2D eigenvalue weighted by molar-refractivity contribution is 9.10. The summed E-state index contributed by atoms with van der Waals surface area (Å²) in [5.74, 6) is -1.17. The molecule has 2 aromatic carbocycles. The van der Waals surface area contributed by atoms with Gasteiger partial charge >= 0.3 is 0 Å². The molecule has 1 heterocycles. The zero-order valence-corrected chi connectivity index (χ0v) is 12.8. The van der Waals surface area contributed by atoms with E-state index in [9.17, 15) is 14.0 Å². The predicted octanol–water partition coefficient (Wildman–Crippen LogP) is 2.99. The summed E-state index contributed by atoms with van der Waals surface area (Å²) in [4.78, 5) is 23.8. The van der Waals surface area contributed by atoms with Crippen molar-refractivity contribution in [1.82, 2.24) is 4.57 Å². The zero-order chi connectivity index (χ0) is 15.9. The molecule has 1 aromatic heterocycles. The number of primary amides is 1. The van der Waals surface area contributed by atoms with Crippen LogP contribution < -0.4 is 11.2 Å². The number of halogens is 2. The maximum atomic E-state index is 13.1. The van der Waals surface area contributed by atoms with E-state index in [2.05, 4.69) is 15.9 Å². The van der Waals surface area contributed by atoms with Gasteiger partial charge in [0.15, 0.2) is 0 Å². The van der Waals surface area contributed by atoms with Gasteiger partial charge in [-0.15, -0.1) is 0 Å². The van der Waals surface area contributed by atoms with Crippen molar-refractivity contribution < 1.29 is 9.18 Å². The molecule has 0 aliphatic rings. The van der Waals surface area contributed by atoms with Crippen molar-refractivity contribution in [3.8, 4) is 5.69 Å². The molecule has 0 aliphatic carbocycles. The van der Waals surface area contributed by atoms with Gasteiger partial charge in [-0.05, 0) is 42.5 Å². The van der Waals surface area contributed by atoms with Gasteiger partial charge in [-0.3, -0.25) is 9.59 Å². The normalized spacial score (nSPS) is 10.8. The second-order valence-electron chi connectivity index (χ2n) is 4.74. The number of amides is 1. The number of rotatable bonds is 2. The van der Waals surface area contributed by atoms with Crippen LogP contribution in [-0.2, 0) is 0 Å². The van der Waals surface area contributed by atoms with Gasteiger partial charge in [0.25, 0.3) is 5.91 Å². The summed E-state index contributed by atoms with van der Waals surface area (Å²) in [5.41, 5.74) is 5.96. The first kappa shape index (κ1) is 14.5. The van der Waals surface area contributed by atoms with Crippen LogP contribution in [-0.4, -0.2) is 10.5 Å². The first-order chi connectivity index (χ1) is 10.5. The fourth-order valence-electron chi connectivity index (χ4n) is 2.29. The summed E-state index contributed by atoms with van der Waals surface area (Å²) < 4.78 is 15.5. The first-order valence-electron chi connectivity index (χ1n) is 6.38. The highest BCUT2D eigenvalue weighted by Gasteiger charge is 2.14. The Balaban J connectivity index is 2.43. The highest BCUT2D eigenvalue weighted by atomic mass is 79.9. The predicted molar refractivity (Wildman–Crippen MR) is 85.7 cm³/mol. The van der Waals surface area contributed by atoms with Crippen LogP contribution in [0.1, 0.15) is 10.4 Å². The van der Waals surface area contributed by atoms with E-state index in [4.69, 9.17) is 5.73 Å². The third kappa shape index (κ3) is 2.42. The molecule has 110 valence electrons. The van der Waals surface area contributed by atoms with E-state index < -0.39 is 11.3 Å². The molecule has 1 amide bonds. The minimum atomic E-state index is -0.800. The standard InChI is InChI=1S/C16H10BrFN2O2/c17-9-1-6-12-14(7-9)20(8-13(15(12)21)16(19)22)11-4-2-10(18)3-5-11/h1-8H,(H2,19,22). The van der Waals surface area contributed by atoms with Crippen LogP contribution in [0.25, 0.3) is 16.6 Å². The lowest BCUT2D eigenvalue weighted by Crippen LogP contribution is -2.23. The molecular weight excluding hydrogens is 351 g/mol. The number of pyridine rings is 1. The van der Waals surface area contributed by atoms with Crippen LogP contribution in [0.2, 0.25) is 0 Å². The van der Waals surface area contributed by atoms with Crippen LogP contribution >= 0.6 is 15.9 Å². The second-order valence-corrected chi connectivity index (χ2v) is 5.66. The minimum Gasteiger partial charge on any atom is -0.365 e. The van der Waals surface area contributed by atoms with Crippen LogP contribution in [0.3, 0.4) is 0 Å². The Hall–Kier alpha value is -2.47. The quantitative estimate of drug-likeness (QED) is 0.763. The summed E-state index contributed by atoms with van der Waals surface area (Å²) >= 11 is 3.36. The summed E-state index contributed by atoms with van der Waals surface area (Å²) in [6, 6.07) is 10.8. The van der Waals surface area contributed by atoms with Gasteiger partial charge in [0.05, 0.1) is 5.52 Å². The Morgan fingerprint density at radius 3 is 2.45 bits per heavy atom. The van der Waals surface area contributed by atoms with Crippen LogP contribution in [0.4, 0.5) is 4.39 Å². The fraction of sp³-hybridized carbons (Fsp3) is 0. The topological polar surface area (TPSA) is 65.1 Å². The van der Waals surface area contributed by atoms with E-state index >= 15 is 0 Å². The average Bonchev–Trinajstić information content (AvgIpc) is 2.48. The Morgan fingerprint density at radius 1 is 1.14 bits per heavy atom. The molecule has 0 saturated carbocycles. The maximum Gasteiger partial charge on any atom is 0.254 e. The maximum absolute atomic E-state index is 13.1. The van der Waals surface area contributed by atoms with Crippen LogP contribution in [0, 0.1) is 5.82 Å². The van der Waals surface area contributed by atoms with Crippen molar-refractivity contribution in [2.75, 3.05) is 0 Å². The van der Waals surface area contributed by atoms with Crippen molar-refractivity contribution in [1.29, 1.82) is 0 Å². The third-order valence-electron chi connectivity index (χ3n) is 3.34. The number of fused-ring (bicyclic) bond motifs is 1. The SMILES string of the molecule is NC(=O)c1cn(-c2ccc(F)cc2)c2cc(Br)ccc2c1=O. The molecule has 0 spiro atoms. The monoisotopic (exact) mass is 360 g/mol. The molecule has 6 heteroatoms. The number of hydrogen-bond donors (Lipinski definition) is 1. The number of carbonyl (C=O) groups is 1. The molecule has 0 unspecified atom stereocenters. The molecule has 2 N–H and O–H groups in total. The second kappa shape index (κ2) is 5.38. The molecule has 0 saturated heterocycles. The Kier molecular flexibility index (Phi) is 3.54. The first-order valence-corrected chi connectivity index (χ1v) is 7.17. The minimum absolute atomic E-state index is 0.112. The van der Waals surface area contributed by atoms with Gasteiger partial charge in [-0.1, -0.05) is 15.9 Å².